The maximum atomic E-state index is 13.1. The second-order valence-corrected chi connectivity index (χ2v) is 6.88. The number of aromatic nitrogens is 4. The first kappa shape index (κ1) is 18.2. The molecule has 2 aromatic heterocycles. The van der Waals surface area contributed by atoms with E-state index in [1.54, 1.807) is 16.8 Å². The maximum Gasteiger partial charge on any atom is 0.232 e. The fraction of sp³-hybridized carbons (Fsp3) is 0.400. The highest BCUT2D eigenvalue weighted by Gasteiger charge is 2.36. The summed E-state index contributed by atoms with van der Waals surface area (Å²) < 4.78 is 9.74. The quantitative estimate of drug-likeness (QED) is 0.753. The number of ether oxygens (including phenoxy) is 1. The second-order valence-electron chi connectivity index (χ2n) is 6.88. The van der Waals surface area contributed by atoms with Crippen molar-refractivity contribution in [1.82, 2.24) is 19.1 Å². The van der Waals surface area contributed by atoms with E-state index in [1.165, 1.54) is 0 Å². The molecule has 1 aliphatic heterocycles. The molecule has 1 aromatic carbocycles. The third-order valence-corrected chi connectivity index (χ3v) is 5.27. The van der Waals surface area contributed by atoms with Gasteiger partial charge >= 0.3 is 0 Å². The van der Waals surface area contributed by atoms with Crippen molar-refractivity contribution in [3.05, 3.63) is 42.0 Å². The van der Waals surface area contributed by atoms with Crippen LogP contribution in [0.4, 0.5) is 5.95 Å². The molecule has 1 aliphatic rings. The van der Waals surface area contributed by atoms with Crippen molar-refractivity contribution in [3.8, 4) is 6.07 Å². The van der Waals surface area contributed by atoms with Gasteiger partial charge in [0.25, 0.3) is 0 Å². The highest BCUT2D eigenvalue weighted by Crippen LogP contribution is 2.34. The zero-order valence-corrected chi connectivity index (χ0v) is 15.9. The lowest BCUT2D eigenvalue weighted by atomic mass is 9.92. The first-order valence-corrected chi connectivity index (χ1v) is 9.43. The van der Waals surface area contributed by atoms with Crippen LogP contribution >= 0.6 is 0 Å². The summed E-state index contributed by atoms with van der Waals surface area (Å²) in [6.07, 6.45) is 4.80. The van der Waals surface area contributed by atoms with Crippen molar-refractivity contribution < 1.29 is 9.53 Å². The van der Waals surface area contributed by atoms with Crippen molar-refractivity contribution in [2.45, 2.75) is 32.4 Å². The van der Waals surface area contributed by atoms with Gasteiger partial charge in [-0.2, -0.15) is 5.26 Å². The third kappa shape index (κ3) is 3.04. The van der Waals surface area contributed by atoms with Crippen molar-refractivity contribution in [2.75, 3.05) is 11.9 Å². The van der Waals surface area contributed by atoms with Crippen LogP contribution in [-0.2, 0) is 23.1 Å². The van der Waals surface area contributed by atoms with Crippen LogP contribution in [0.25, 0.3) is 11.0 Å². The predicted molar refractivity (Wildman–Crippen MR) is 103 cm³/mol. The van der Waals surface area contributed by atoms with Crippen molar-refractivity contribution >= 4 is 22.9 Å². The van der Waals surface area contributed by atoms with Crippen LogP contribution in [0, 0.1) is 17.2 Å². The lowest BCUT2D eigenvalue weighted by Crippen LogP contribution is -2.35. The molecule has 28 heavy (non-hydrogen) atoms. The van der Waals surface area contributed by atoms with Crippen molar-refractivity contribution in [3.63, 3.8) is 0 Å². The van der Waals surface area contributed by atoms with Gasteiger partial charge in [0.15, 0.2) is 0 Å². The molecule has 2 atom stereocenters. The minimum Gasteiger partial charge on any atom is -0.369 e. The number of hydrogen-bond acceptors (Lipinski definition) is 5. The number of para-hydroxylation sites is 1. The van der Waals surface area contributed by atoms with Crippen LogP contribution in [0.15, 0.2) is 30.6 Å². The fourth-order valence-corrected chi connectivity index (χ4v) is 3.77. The number of amides is 1. The first-order chi connectivity index (χ1) is 13.6. The summed E-state index contributed by atoms with van der Waals surface area (Å²) in [7, 11) is 1.82. The molecule has 3 aromatic rings. The zero-order valence-electron chi connectivity index (χ0n) is 15.9. The number of nitriles is 1. The van der Waals surface area contributed by atoms with Crippen LogP contribution in [0.3, 0.4) is 0 Å². The Balaban J connectivity index is 1.63. The number of hydrogen-bond donors (Lipinski definition) is 1. The molecule has 3 heterocycles. The molecule has 1 fully saturated rings. The molecule has 0 saturated carbocycles. The van der Waals surface area contributed by atoms with Crippen LogP contribution in [0.1, 0.15) is 37.3 Å². The summed E-state index contributed by atoms with van der Waals surface area (Å²) in [5.41, 5.74) is 1.87. The SMILES string of the molecule is CCn1ccnc1[C@@H]1OCCC[C@H]1C(=O)Nc1nc2c(C#N)cccc2n1C. The average Bonchev–Trinajstić information content (AvgIpc) is 3.32. The van der Waals surface area contributed by atoms with Gasteiger partial charge < -0.3 is 13.9 Å². The van der Waals surface area contributed by atoms with E-state index in [9.17, 15) is 10.1 Å². The molecular weight excluding hydrogens is 356 g/mol. The molecule has 0 spiro atoms. The molecule has 8 heteroatoms. The van der Waals surface area contributed by atoms with Crippen LogP contribution in [-0.4, -0.2) is 31.6 Å². The van der Waals surface area contributed by atoms with E-state index in [4.69, 9.17) is 4.74 Å². The monoisotopic (exact) mass is 378 g/mol. The van der Waals surface area contributed by atoms with Gasteiger partial charge in [-0.25, -0.2) is 9.97 Å². The highest BCUT2D eigenvalue weighted by atomic mass is 16.5. The molecule has 1 amide bonds. The molecule has 1 N–H and O–H groups in total. The number of carbonyl (C=O) groups excluding carboxylic acids is 1. The van der Waals surface area contributed by atoms with Gasteiger partial charge in [0.05, 0.1) is 17.0 Å². The van der Waals surface area contributed by atoms with E-state index in [0.29, 0.717) is 23.6 Å². The Morgan fingerprint density at radius 3 is 3.11 bits per heavy atom. The summed E-state index contributed by atoms with van der Waals surface area (Å²) in [6, 6.07) is 7.55. The standard InChI is InChI=1S/C20H22N6O2/c1-3-26-10-9-22-18(26)17-14(7-5-11-28-17)19(27)24-20-23-16-13(12-21)6-4-8-15(16)25(20)2/h4,6,8-10,14,17H,3,5,7,11H2,1-2H3,(H,23,24,27)/t14-,17-/m1/s1. The number of benzene rings is 1. The number of nitrogens with one attached hydrogen (secondary N) is 1. The molecule has 0 radical (unpaired) electrons. The Morgan fingerprint density at radius 1 is 1.46 bits per heavy atom. The summed E-state index contributed by atoms with van der Waals surface area (Å²) in [6.45, 7) is 3.42. The largest absolute Gasteiger partial charge is 0.369 e. The van der Waals surface area contributed by atoms with Crippen LogP contribution in [0.2, 0.25) is 0 Å². The molecule has 1 saturated heterocycles. The van der Waals surface area contributed by atoms with Crippen molar-refractivity contribution in [1.29, 1.82) is 5.26 Å². The van der Waals surface area contributed by atoms with Gasteiger partial charge in [0.1, 0.15) is 23.5 Å². The molecule has 0 unspecified atom stereocenters. The smallest absolute Gasteiger partial charge is 0.232 e. The lowest BCUT2D eigenvalue weighted by molar-refractivity contribution is -0.130. The summed E-state index contributed by atoms with van der Waals surface area (Å²) >= 11 is 0. The average molecular weight is 378 g/mol. The Kier molecular flexibility index (Phi) is 4.84. The molecule has 8 nitrogen and oxygen atoms in total. The van der Waals surface area contributed by atoms with E-state index >= 15 is 0 Å². The number of imidazole rings is 2. The Labute approximate surface area is 162 Å². The minimum atomic E-state index is -0.381. The highest BCUT2D eigenvalue weighted by molar-refractivity contribution is 5.94. The van der Waals surface area contributed by atoms with Gasteiger partial charge in [0.2, 0.25) is 11.9 Å². The van der Waals surface area contributed by atoms with E-state index in [-0.39, 0.29) is 17.9 Å². The summed E-state index contributed by atoms with van der Waals surface area (Å²) in [4.78, 5) is 22.0. The van der Waals surface area contributed by atoms with E-state index in [0.717, 1.165) is 30.7 Å². The van der Waals surface area contributed by atoms with E-state index in [1.807, 2.05) is 36.9 Å². The maximum absolute atomic E-state index is 13.1. The normalized spacial score (nSPS) is 19.5. The summed E-state index contributed by atoms with van der Waals surface area (Å²) in [5, 5.41) is 12.2. The lowest BCUT2D eigenvalue weighted by Gasteiger charge is -2.30. The molecule has 0 bridgehead atoms. The number of anilines is 1. The van der Waals surface area contributed by atoms with E-state index in [2.05, 4.69) is 21.4 Å². The topological polar surface area (TPSA) is 97.8 Å². The number of carbonyl (C=O) groups is 1. The van der Waals surface area contributed by atoms with E-state index < -0.39 is 0 Å². The van der Waals surface area contributed by atoms with Gasteiger partial charge in [-0.1, -0.05) is 6.07 Å². The van der Waals surface area contributed by atoms with Gasteiger partial charge in [0, 0.05) is 32.6 Å². The molecule has 4 rings (SSSR count). The van der Waals surface area contributed by atoms with Gasteiger partial charge in [-0.05, 0) is 31.9 Å². The Hall–Kier alpha value is -3.18. The second kappa shape index (κ2) is 7.44. The number of rotatable bonds is 4. The molecular formula is C20H22N6O2. The number of fused-ring (bicyclic) bond motifs is 1. The minimum absolute atomic E-state index is 0.146. The van der Waals surface area contributed by atoms with Gasteiger partial charge in [-0.3, -0.25) is 10.1 Å². The van der Waals surface area contributed by atoms with Crippen LogP contribution < -0.4 is 5.32 Å². The van der Waals surface area contributed by atoms with Crippen molar-refractivity contribution in [2.24, 2.45) is 13.0 Å². The zero-order chi connectivity index (χ0) is 19.7. The predicted octanol–water partition coefficient (Wildman–Crippen LogP) is 2.77. The third-order valence-electron chi connectivity index (χ3n) is 5.27. The fourth-order valence-electron chi connectivity index (χ4n) is 3.77. The number of aryl methyl sites for hydroxylation is 2. The summed E-state index contributed by atoms with van der Waals surface area (Å²) in [5.74, 6) is 0.703. The molecule has 144 valence electrons. The Bertz CT molecular complexity index is 1060. The van der Waals surface area contributed by atoms with Gasteiger partial charge in [-0.15, -0.1) is 0 Å². The first-order valence-electron chi connectivity index (χ1n) is 9.43. The Morgan fingerprint density at radius 2 is 2.32 bits per heavy atom. The van der Waals surface area contributed by atoms with Crippen LogP contribution in [0.5, 0.6) is 0 Å². The number of nitrogens with zero attached hydrogens (tertiary/aromatic N) is 5. The molecule has 0 aliphatic carbocycles.